The first kappa shape index (κ1) is 17.6. The molecule has 1 saturated heterocycles. The van der Waals surface area contributed by atoms with Crippen molar-refractivity contribution in [2.24, 2.45) is 0 Å². The van der Waals surface area contributed by atoms with Crippen molar-refractivity contribution < 1.29 is 14.3 Å². The summed E-state index contributed by atoms with van der Waals surface area (Å²) in [6.07, 6.45) is 2.86. The number of fused-ring (bicyclic) bond motifs is 1. The molecule has 1 aliphatic rings. The van der Waals surface area contributed by atoms with Gasteiger partial charge in [-0.05, 0) is 25.1 Å². The molecule has 0 unspecified atom stereocenters. The molecule has 1 fully saturated rings. The quantitative estimate of drug-likeness (QED) is 0.459. The summed E-state index contributed by atoms with van der Waals surface area (Å²) in [4.78, 5) is 31.4. The minimum atomic E-state index is -0.763. The fourth-order valence-corrected chi connectivity index (χ4v) is 2.72. The van der Waals surface area contributed by atoms with E-state index in [9.17, 15) is 14.9 Å². The lowest BCUT2D eigenvalue weighted by Crippen LogP contribution is -2.38. The molecule has 0 spiro atoms. The van der Waals surface area contributed by atoms with Gasteiger partial charge in [-0.25, -0.2) is 9.78 Å². The molecule has 0 atom stereocenters. The Morgan fingerprint density at radius 3 is 2.88 bits per heavy atom. The van der Waals surface area contributed by atoms with Gasteiger partial charge in [0.05, 0.1) is 25.4 Å². The van der Waals surface area contributed by atoms with E-state index < -0.39 is 5.97 Å². The number of rotatable bonds is 4. The molecule has 1 aliphatic heterocycles. The standard InChI is InChI=1S/C18H18N4O4/c1-2-26-18(24)13(12-19)11-14-16(21-7-9-25-10-8-21)20-15-5-3-4-6-22(15)17(14)23/h3-6,11H,2,7-10H2,1H3. The number of hydrogen-bond donors (Lipinski definition) is 0. The van der Waals surface area contributed by atoms with Crippen molar-refractivity contribution in [1.29, 1.82) is 5.26 Å². The van der Waals surface area contributed by atoms with Crippen molar-refractivity contribution in [3.05, 3.63) is 45.9 Å². The molecule has 0 amide bonds. The zero-order chi connectivity index (χ0) is 18.5. The zero-order valence-electron chi connectivity index (χ0n) is 14.3. The van der Waals surface area contributed by atoms with Gasteiger partial charge in [0.2, 0.25) is 0 Å². The number of hydrogen-bond acceptors (Lipinski definition) is 7. The van der Waals surface area contributed by atoms with Crippen molar-refractivity contribution in [2.75, 3.05) is 37.8 Å². The van der Waals surface area contributed by atoms with Gasteiger partial charge in [-0.2, -0.15) is 5.26 Å². The van der Waals surface area contributed by atoms with E-state index in [0.29, 0.717) is 37.8 Å². The topological polar surface area (TPSA) is 96.9 Å². The minimum absolute atomic E-state index is 0.142. The van der Waals surface area contributed by atoms with E-state index in [2.05, 4.69) is 4.98 Å². The van der Waals surface area contributed by atoms with Crippen LogP contribution in [0.25, 0.3) is 11.7 Å². The van der Waals surface area contributed by atoms with Crippen LogP contribution in [0.15, 0.2) is 34.8 Å². The molecular weight excluding hydrogens is 336 g/mol. The van der Waals surface area contributed by atoms with Crippen molar-refractivity contribution in [3.8, 4) is 6.07 Å². The number of carbonyl (C=O) groups excluding carboxylic acids is 1. The largest absolute Gasteiger partial charge is 0.462 e. The number of esters is 1. The lowest BCUT2D eigenvalue weighted by Gasteiger charge is -2.29. The zero-order valence-corrected chi connectivity index (χ0v) is 14.3. The van der Waals surface area contributed by atoms with Gasteiger partial charge in [-0.3, -0.25) is 9.20 Å². The van der Waals surface area contributed by atoms with Crippen LogP contribution in [0.4, 0.5) is 5.82 Å². The molecule has 2 aromatic heterocycles. The summed E-state index contributed by atoms with van der Waals surface area (Å²) < 4.78 is 11.6. The van der Waals surface area contributed by atoms with Crippen LogP contribution >= 0.6 is 0 Å². The van der Waals surface area contributed by atoms with Gasteiger partial charge in [0.1, 0.15) is 23.1 Å². The van der Waals surface area contributed by atoms with Crippen LogP contribution in [0.3, 0.4) is 0 Å². The highest BCUT2D eigenvalue weighted by Crippen LogP contribution is 2.20. The van der Waals surface area contributed by atoms with Crippen molar-refractivity contribution in [3.63, 3.8) is 0 Å². The molecule has 134 valence electrons. The van der Waals surface area contributed by atoms with E-state index in [1.807, 2.05) is 11.0 Å². The number of carbonyl (C=O) groups is 1. The maximum absolute atomic E-state index is 13.0. The van der Waals surface area contributed by atoms with Crippen LogP contribution in [0.5, 0.6) is 0 Å². The van der Waals surface area contributed by atoms with E-state index in [1.165, 1.54) is 10.5 Å². The van der Waals surface area contributed by atoms with Crippen LogP contribution < -0.4 is 10.5 Å². The number of nitrogens with zero attached hydrogens (tertiary/aromatic N) is 4. The van der Waals surface area contributed by atoms with Crippen LogP contribution in [-0.2, 0) is 14.3 Å². The Morgan fingerprint density at radius 2 is 2.19 bits per heavy atom. The molecule has 3 heterocycles. The summed E-state index contributed by atoms with van der Waals surface area (Å²) in [5.74, 6) is -0.331. The maximum Gasteiger partial charge on any atom is 0.348 e. The van der Waals surface area contributed by atoms with E-state index in [0.717, 1.165) is 0 Å². The average Bonchev–Trinajstić information content (AvgIpc) is 2.68. The van der Waals surface area contributed by atoms with Gasteiger partial charge in [0.15, 0.2) is 0 Å². The minimum Gasteiger partial charge on any atom is -0.462 e. The lowest BCUT2D eigenvalue weighted by molar-refractivity contribution is -0.137. The highest BCUT2D eigenvalue weighted by Gasteiger charge is 2.21. The Hall–Kier alpha value is -3.18. The van der Waals surface area contributed by atoms with Crippen LogP contribution in [0, 0.1) is 11.3 Å². The summed E-state index contributed by atoms with van der Waals surface area (Å²) >= 11 is 0. The second kappa shape index (κ2) is 7.80. The predicted octanol–water partition coefficient (Wildman–Crippen LogP) is 1.00. The molecule has 3 rings (SSSR count). The summed E-state index contributed by atoms with van der Waals surface area (Å²) in [6.45, 7) is 3.96. The van der Waals surface area contributed by atoms with Gasteiger partial charge in [0, 0.05) is 19.3 Å². The van der Waals surface area contributed by atoms with Gasteiger partial charge in [-0.15, -0.1) is 0 Å². The predicted molar refractivity (Wildman–Crippen MR) is 94.7 cm³/mol. The summed E-state index contributed by atoms with van der Waals surface area (Å²) in [6, 6.07) is 7.05. The summed E-state index contributed by atoms with van der Waals surface area (Å²) in [5.41, 5.74) is 0.0799. The number of nitriles is 1. The van der Waals surface area contributed by atoms with Crippen molar-refractivity contribution >= 4 is 23.5 Å². The molecule has 0 bridgehead atoms. The van der Waals surface area contributed by atoms with E-state index in [-0.39, 0.29) is 23.3 Å². The Morgan fingerprint density at radius 1 is 1.42 bits per heavy atom. The summed E-state index contributed by atoms with van der Waals surface area (Å²) in [5, 5.41) is 9.31. The molecule has 0 aliphatic carbocycles. The number of pyridine rings is 1. The normalized spacial score (nSPS) is 14.9. The van der Waals surface area contributed by atoms with Gasteiger partial charge < -0.3 is 14.4 Å². The third-order valence-corrected chi connectivity index (χ3v) is 3.96. The number of morpholine rings is 1. The number of anilines is 1. The van der Waals surface area contributed by atoms with E-state index >= 15 is 0 Å². The lowest BCUT2D eigenvalue weighted by atomic mass is 10.1. The Labute approximate surface area is 149 Å². The van der Waals surface area contributed by atoms with Gasteiger partial charge in [-0.1, -0.05) is 6.07 Å². The first-order valence-corrected chi connectivity index (χ1v) is 8.28. The Balaban J connectivity index is 2.21. The van der Waals surface area contributed by atoms with Crippen LogP contribution in [0.2, 0.25) is 0 Å². The van der Waals surface area contributed by atoms with E-state index in [4.69, 9.17) is 9.47 Å². The smallest absolute Gasteiger partial charge is 0.348 e. The first-order chi connectivity index (χ1) is 12.7. The maximum atomic E-state index is 13.0. The third kappa shape index (κ3) is 3.43. The highest BCUT2D eigenvalue weighted by molar-refractivity contribution is 5.98. The fourth-order valence-electron chi connectivity index (χ4n) is 2.72. The molecule has 8 heteroatoms. The molecule has 8 nitrogen and oxygen atoms in total. The Bertz CT molecular complexity index is 952. The van der Waals surface area contributed by atoms with Gasteiger partial charge in [0.25, 0.3) is 5.56 Å². The average molecular weight is 354 g/mol. The number of ether oxygens (including phenoxy) is 2. The second-order valence-electron chi connectivity index (χ2n) is 5.57. The monoisotopic (exact) mass is 354 g/mol. The highest BCUT2D eigenvalue weighted by atomic mass is 16.5. The van der Waals surface area contributed by atoms with Crippen LogP contribution in [-0.4, -0.2) is 48.3 Å². The molecule has 0 aromatic carbocycles. The van der Waals surface area contributed by atoms with Crippen LogP contribution in [0.1, 0.15) is 12.5 Å². The molecule has 2 aromatic rings. The third-order valence-electron chi connectivity index (χ3n) is 3.96. The first-order valence-electron chi connectivity index (χ1n) is 8.28. The van der Waals surface area contributed by atoms with Gasteiger partial charge >= 0.3 is 5.97 Å². The van der Waals surface area contributed by atoms with E-state index in [1.54, 1.807) is 31.3 Å². The summed E-state index contributed by atoms with van der Waals surface area (Å²) in [7, 11) is 0. The van der Waals surface area contributed by atoms with Crippen molar-refractivity contribution in [1.82, 2.24) is 9.38 Å². The Kier molecular flexibility index (Phi) is 5.29. The number of aromatic nitrogens is 2. The second-order valence-corrected chi connectivity index (χ2v) is 5.57. The molecule has 0 N–H and O–H groups in total. The molecular formula is C18H18N4O4. The molecule has 0 radical (unpaired) electrons. The van der Waals surface area contributed by atoms with Crippen molar-refractivity contribution in [2.45, 2.75) is 6.92 Å². The fraction of sp³-hybridized carbons (Fsp3) is 0.333. The molecule has 26 heavy (non-hydrogen) atoms. The molecule has 0 saturated carbocycles. The SMILES string of the molecule is CCOC(=O)C(C#N)=Cc1c(N2CCOCC2)nc2ccccn2c1=O.